The molecule has 2 N–H and O–H groups in total. The number of nitrogens with zero attached hydrogens (tertiary/aromatic N) is 5. The van der Waals surface area contributed by atoms with E-state index in [1.807, 2.05) is 30.3 Å². The van der Waals surface area contributed by atoms with E-state index in [0.29, 0.717) is 40.9 Å². The van der Waals surface area contributed by atoms with Gasteiger partial charge in [-0.05, 0) is 79.7 Å². The van der Waals surface area contributed by atoms with Crippen LogP contribution in [0.15, 0.2) is 42.5 Å². The van der Waals surface area contributed by atoms with Gasteiger partial charge < -0.3 is 25.1 Å². The van der Waals surface area contributed by atoms with Gasteiger partial charge in [0.05, 0.1) is 5.02 Å². The number of likely N-dealkylation sites (N-methyl/N-ethyl adjacent to an activating group) is 1. The molecule has 4 unspecified atom stereocenters. The summed E-state index contributed by atoms with van der Waals surface area (Å²) in [7, 11) is 2.20. The molecular weight excluding hydrogens is 539 g/mol. The molecule has 4 aliphatic heterocycles. The van der Waals surface area contributed by atoms with E-state index in [-0.39, 0.29) is 21.9 Å². The summed E-state index contributed by atoms with van der Waals surface area (Å²) in [6.07, 6.45) is 4.61. The minimum atomic E-state index is -0.473. The van der Waals surface area contributed by atoms with Gasteiger partial charge >= 0.3 is 0 Å². The van der Waals surface area contributed by atoms with E-state index in [2.05, 4.69) is 27.1 Å². The van der Waals surface area contributed by atoms with Gasteiger partial charge in [0.25, 0.3) is 0 Å². The monoisotopic (exact) mass is 572 g/mol. The molecule has 7 nitrogen and oxygen atoms in total. The van der Waals surface area contributed by atoms with E-state index in [0.717, 1.165) is 68.6 Å². The molecule has 4 fully saturated rings. The molecule has 0 amide bonds. The maximum absolute atomic E-state index is 16.9. The van der Waals surface area contributed by atoms with Crippen molar-refractivity contribution in [3.63, 3.8) is 0 Å². The van der Waals surface area contributed by atoms with E-state index < -0.39 is 5.82 Å². The highest BCUT2D eigenvalue weighted by molar-refractivity contribution is 6.35. The van der Waals surface area contributed by atoms with E-state index in [1.165, 1.54) is 6.42 Å². The number of phenolic OH excluding ortho intramolecular Hbond substituents is 1. The average molecular weight is 573 g/mol. The highest BCUT2D eigenvalue weighted by Gasteiger charge is 2.38. The van der Waals surface area contributed by atoms with Crippen LogP contribution >= 0.6 is 11.6 Å². The maximum Gasteiger partial charge on any atom is 0.228 e. The van der Waals surface area contributed by atoms with Crippen molar-refractivity contribution in [3.8, 4) is 16.9 Å². The first-order valence-electron chi connectivity index (χ1n) is 14.8. The Kier molecular flexibility index (Phi) is 6.02. The number of aromatic nitrogens is 2. The van der Waals surface area contributed by atoms with Crippen LogP contribution in [0.5, 0.6) is 5.75 Å². The molecule has 2 bridgehead atoms. The largest absolute Gasteiger partial charge is 0.508 e. The number of aromatic hydroxyl groups is 1. The number of benzene rings is 3. The summed E-state index contributed by atoms with van der Waals surface area (Å²) < 4.78 is 16.9. The van der Waals surface area contributed by atoms with Crippen molar-refractivity contribution in [2.24, 2.45) is 5.92 Å². The zero-order valence-electron chi connectivity index (χ0n) is 23.2. The minimum Gasteiger partial charge on any atom is -0.508 e. The van der Waals surface area contributed by atoms with E-state index in [4.69, 9.17) is 21.6 Å². The number of piperidine rings is 1. The number of rotatable bonds is 3. The van der Waals surface area contributed by atoms with Crippen molar-refractivity contribution in [1.29, 1.82) is 0 Å². The van der Waals surface area contributed by atoms with Crippen LogP contribution in [-0.4, -0.2) is 77.9 Å². The molecule has 1 aromatic heterocycles. The fraction of sp³-hybridized carbons (Fsp3) is 0.438. The maximum atomic E-state index is 16.9. The van der Waals surface area contributed by atoms with E-state index in [1.54, 1.807) is 12.1 Å². The van der Waals surface area contributed by atoms with Crippen LogP contribution in [0.3, 0.4) is 0 Å². The molecule has 41 heavy (non-hydrogen) atoms. The Hall–Kier alpha value is -3.20. The van der Waals surface area contributed by atoms with Crippen LogP contribution in [0.2, 0.25) is 5.02 Å². The molecule has 0 radical (unpaired) electrons. The zero-order valence-corrected chi connectivity index (χ0v) is 23.9. The van der Waals surface area contributed by atoms with Crippen molar-refractivity contribution in [1.82, 2.24) is 20.2 Å². The Bertz CT molecular complexity index is 1670. The van der Waals surface area contributed by atoms with Gasteiger partial charge in [-0.15, -0.1) is 0 Å². The number of nitrogens with one attached hydrogen (secondary N) is 1. The van der Waals surface area contributed by atoms with Crippen molar-refractivity contribution in [2.75, 3.05) is 49.6 Å². The first-order valence-corrected chi connectivity index (χ1v) is 15.2. The Morgan fingerprint density at radius 1 is 0.927 bits per heavy atom. The summed E-state index contributed by atoms with van der Waals surface area (Å²) in [5.41, 5.74) is 1.10. The minimum absolute atomic E-state index is 0.0678. The molecule has 0 saturated carbocycles. The van der Waals surface area contributed by atoms with Crippen LogP contribution in [0.25, 0.3) is 32.8 Å². The van der Waals surface area contributed by atoms with Gasteiger partial charge in [0, 0.05) is 55.3 Å². The normalized spacial score (nSPS) is 26.3. The average Bonchev–Trinajstić information content (AvgIpc) is 3.52. The predicted molar refractivity (Wildman–Crippen MR) is 163 cm³/mol. The smallest absolute Gasteiger partial charge is 0.228 e. The SMILES string of the molecule is CN1CCC2CCN(c3nc(N4CC5CCC(C4)N5)c4cc(Cl)c(-c5cc(O)cc6ccccc56)c(F)c4n3)CC21. The van der Waals surface area contributed by atoms with Crippen LogP contribution in [0, 0.1) is 11.7 Å². The second kappa shape index (κ2) is 9.68. The molecule has 0 aliphatic carbocycles. The van der Waals surface area contributed by atoms with Crippen LogP contribution in [-0.2, 0) is 0 Å². The standard InChI is InChI=1S/C32H34ClFN6O/c1-38-10-8-18-9-11-39(17-27(18)38)32-36-30-25(31(37-32)40-15-20-6-7-21(16-40)35-20)14-26(33)28(29(30)34)24-13-22(41)12-19-4-2-3-5-23(19)24/h2-5,12-14,18,20-21,27,35,41H,6-11,15-17H2,1H3. The van der Waals surface area contributed by atoms with Gasteiger partial charge in [-0.3, -0.25) is 0 Å². The quantitative estimate of drug-likeness (QED) is 0.340. The highest BCUT2D eigenvalue weighted by atomic mass is 35.5. The summed E-state index contributed by atoms with van der Waals surface area (Å²) in [6, 6.07) is 14.0. The molecule has 0 spiro atoms. The third-order valence-electron chi connectivity index (χ3n) is 9.91. The van der Waals surface area contributed by atoms with Crippen molar-refractivity contribution in [2.45, 2.75) is 43.8 Å². The molecular formula is C32H34ClFN6O. The van der Waals surface area contributed by atoms with Gasteiger partial charge in [-0.25, -0.2) is 9.37 Å². The van der Waals surface area contributed by atoms with Gasteiger partial charge in [0.1, 0.15) is 17.1 Å². The number of fused-ring (bicyclic) bond motifs is 5. The molecule has 9 heteroatoms. The van der Waals surface area contributed by atoms with Gasteiger partial charge in [-0.2, -0.15) is 4.98 Å². The fourth-order valence-corrected chi connectivity index (χ4v) is 8.10. The number of likely N-dealkylation sites (tertiary alicyclic amines) is 1. The number of phenols is 1. The predicted octanol–water partition coefficient (Wildman–Crippen LogP) is 5.42. The Labute approximate surface area is 243 Å². The first kappa shape index (κ1) is 25.5. The Morgan fingerprint density at radius 2 is 1.71 bits per heavy atom. The second-order valence-corrected chi connectivity index (χ2v) is 12.8. The number of piperazine rings is 1. The van der Waals surface area contributed by atoms with Gasteiger partial charge in [0.15, 0.2) is 5.82 Å². The fourth-order valence-electron chi connectivity index (χ4n) is 7.80. The third kappa shape index (κ3) is 4.22. The molecule has 8 rings (SSSR count). The molecule has 4 aromatic rings. The summed E-state index contributed by atoms with van der Waals surface area (Å²) in [5.74, 6) is 1.64. The van der Waals surface area contributed by atoms with E-state index >= 15 is 4.39 Å². The van der Waals surface area contributed by atoms with Crippen molar-refractivity contribution >= 4 is 45.0 Å². The summed E-state index contributed by atoms with van der Waals surface area (Å²) in [4.78, 5) is 17.1. The third-order valence-corrected chi connectivity index (χ3v) is 10.2. The van der Waals surface area contributed by atoms with E-state index in [9.17, 15) is 5.11 Å². The molecule has 4 aliphatic rings. The molecule has 4 atom stereocenters. The van der Waals surface area contributed by atoms with Crippen LogP contribution < -0.4 is 15.1 Å². The van der Waals surface area contributed by atoms with Gasteiger partial charge in [-0.1, -0.05) is 35.9 Å². The number of anilines is 2. The lowest BCUT2D eigenvalue weighted by Crippen LogP contribution is -2.51. The number of hydrogen-bond acceptors (Lipinski definition) is 7. The number of hydrogen-bond donors (Lipinski definition) is 2. The van der Waals surface area contributed by atoms with Crippen LogP contribution in [0.4, 0.5) is 16.2 Å². The summed E-state index contributed by atoms with van der Waals surface area (Å²) in [5, 5.41) is 16.8. The molecule has 212 valence electrons. The molecule has 4 saturated heterocycles. The zero-order chi connectivity index (χ0) is 27.8. The summed E-state index contributed by atoms with van der Waals surface area (Å²) >= 11 is 6.92. The van der Waals surface area contributed by atoms with Crippen molar-refractivity contribution < 1.29 is 9.50 Å². The lowest BCUT2D eigenvalue weighted by Gasteiger charge is -2.38. The first-order chi connectivity index (χ1) is 19.9. The Balaban J connectivity index is 1.32. The molecule has 3 aromatic carbocycles. The Morgan fingerprint density at radius 3 is 2.54 bits per heavy atom. The molecule has 5 heterocycles. The van der Waals surface area contributed by atoms with Crippen LogP contribution in [0.1, 0.15) is 25.7 Å². The van der Waals surface area contributed by atoms with Crippen molar-refractivity contribution in [3.05, 3.63) is 53.3 Å². The lowest BCUT2D eigenvalue weighted by molar-refractivity contribution is 0.244. The summed E-state index contributed by atoms with van der Waals surface area (Å²) in [6.45, 7) is 4.48. The topological polar surface area (TPSA) is 67.8 Å². The van der Waals surface area contributed by atoms with Gasteiger partial charge in [0.2, 0.25) is 5.95 Å². The highest BCUT2D eigenvalue weighted by Crippen LogP contribution is 2.43. The number of halogens is 2. The second-order valence-electron chi connectivity index (χ2n) is 12.4. The lowest BCUT2D eigenvalue weighted by atomic mass is 9.92.